The van der Waals surface area contributed by atoms with Crippen molar-refractivity contribution in [3.8, 4) is 5.88 Å². The van der Waals surface area contributed by atoms with E-state index in [1.165, 1.54) is 0 Å². The van der Waals surface area contributed by atoms with Crippen LogP contribution in [-0.2, 0) is 11.3 Å². The van der Waals surface area contributed by atoms with Crippen LogP contribution >= 0.6 is 0 Å². The van der Waals surface area contributed by atoms with Crippen molar-refractivity contribution in [3.63, 3.8) is 0 Å². The number of piperazine rings is 1. The van der Waals surface area contributed by atoms with Gasteiger partial charge in [-0.1, -0.05) is 42.5 Å². The highest BCUT2D eigenvalue weighted by atomic mass is 16.6. The van der Waals surface area contributed by atoms with Crippen LogP contribution in [0.5, 0.6) is 5.88 Å². The number of aliphatic hydroxyl groups excluding tert-OH is 2. The summed E-state index contributed by atoms with van der Waals surface area (Å²) in [4.78, 5) is 25.4. The first-order valence-corrected chi connectivity index (χ1v) is 11.0. The molecule has 0 bridgehead atoms. The van der Waals surface area contributed by atoms with Crippen LogP contribution in [0.3, 0.4) is 0 Å². The fraction of sp³-hybridized carbons (Fsp3) is 0.375. The van der Waals surface area contributed by atoms with Crippen molar-refractivity contribution in [3.05, 3.63) is 60.2 Å². The quantitative estimate of drug-likeness (QED) is 0.536. The van der Waals surface area contributed by atoms with Gasteiger partial charge in [-0.05, 0) is 17.7 Å². The molecule has 1 amide bonds. The lowest BCUT2D eigenvalue weighted by molar-refractivity contribution is 0.0750. The van der Waals surface area contributed by atoms with Gasteiger partial charge in [0.25, 0.3) is 0 Å². The number of benzene rings is 2. The summed E-state index contributed by atoms with van der Waals surface area (Å²) in [5.41, 5.74) is 1.71. The number of hydrogen-bond acceptors (Lipinski definition) is 8. The molecule has 1 fully saturated rings. The molecule has 0 spiro atoms. The number of nitrogens with zero attached hydrogens (tertiary/aromatic N) is 4. The molecule has 2 N–H and O–H groups in total. The predicted molar refractivity (Wildman–Crippen MR) is 123 cm³/mol. The summed E-state index contributed by atoms with van der Waals surface area (Å²) in [7, 11) is 0. The Morgan fingerprint density at radius 1 is 1.00 bits per heavy atom. The second kappa shape index (κ2) is 10.9. The van der Waals surface area contributed by atoms with E-state index in [-0.39, 0.29) is 25.9 Å². The molecule has 3 aromatic rings. The summed E-state index contributed by atoms with van der Waals surface area (Å²) < 4.78 is 11.3. The summed E-state index contributed by atoms with van der Waals surface area (Å²) >= 11 is 0. The highest BCUT2D eigenvalue weighted by molar-refractivity contribution is 5.84. The first kappa shape index (κ1) is 22.8. The molecule has 174 valence electrons. The number of hydrogen-bond donors (Lipinski definition) is 2. The summed E-state index contributed by atoms with van der Waals surface area (Å²) in [6.45, 7) is 2.31. The van der Waals surface area contributed by atoms with Gasteiger partial charge in [-0.25, -0.2) is 9.78 Å². The lowest BCUT2D eigenvalue weighted by Gasteiger charge is -2.34. The molecule has 0 saturated carbocycles. The number of para-hydroxylation sites is 1. The number of carbonyl (C=O) groups is 1. The number of aromatic nitrogens is 2. The molecule has 0 unspecified atom stereocenters. The van der Waals surface area contributed by atoms with Crippen LogP contribution in [0, 0.1) is 0 Å². The molecule has 1 aromatic heterocycles. The fourth-order valence-electron chi connectivity index (χ4n) is 3.57. The Hall–Kier alpha value is -3.43. The molecule has 0 aliphatic carbocycles. The summed E-state index contributed by atoms with van der Waals surface area (Å²) in [5, 5.41) is 19.3. The van der Waals surface area contributed by atoms with Crippen LogP contribution < -0.4 is 9.64 Å². The van der Waals surface area contributed by atoms with Gasteiger partial charge in [-0.15, -0.1) is 0 Å². The largest absolute Gasteiger partial charge is 0.477 e. The second-order valence-corrected chi connectivity index (χ2v) is 7.83. The SMILES string of the molecule is O=C(OCc1ccccc1)N1CCN(c2nc(OCC[C@H](O)CO)c3ccccc3n2)CC1. The van der Waals surface area contributed by atoms with Crippen LogP contribution in [-0.4, -0.2) is 76.7 Å². The second-order valence-electron chi connectivity index (χ2n) is 7.83. The Labute approximate surface area is 192 Å². The molecule has 9 heteroatoms. The van der Waals surface area contributed by atoms with E-state index in [0.29, 0.717) is 44.4 Å². The first-order valence-electron chi connectivity index (χ1n) is 11.0. The van der Waals surface area contributed by atoms with E-state index in [4.69, 9.17) is 14.6 Å². The Morgan fingerprint density at radius 3 is 2.48 bits per heavy atom. The lowest BCUT2D eigenvalue weighted by atomic mass is 10.2. The highest BCUT2D eigenvalue weighted by Crippen LogP contribution is 2.26. The van der Waals surface area contributed by atoms with Gasteiger partial charge in [-0.2, -0.15) is 4.98 Å². The maximum atomic E-state index is 12.4. The van der Waals surface area contributed by atoms with E-state index in [1.807, 2.05) is 59.5 Å². The molecule has 1 atom stereocenters. The van der Waals surface area contributed by atoms with Gasteiger partial charge < -0.3 is 29.5 Å². The Bertz CT molecular complexity index is 1060. The monoisotopic (exact) mass is 452 g/mol. The number of rotatable bonds is 8. The van der Waals surface area contributed by atoms with Crippen LogP contribution in [0.2, 0.25) is 0 Å². The van der Waals surface area contributed by atoms with Crippen molar-refractivity contribution in [2.24, 2.45) is 0 Å². The molecule has 1 aliphatic heterocycles. The van der Waals surface area contributed by atoms with Gasteiger partial charge in [0.05, 0.1) is 30.2 Å². The molecule has 9 nitrogen and oxygen atoms in total. The Balaban J connectivity index is 1.38. The van der Waals surface area contributed by atoms with Gasteiger partial charge in [0.2, 0.25) is 11.8 Å². The van der Waals surface area contributed by atoms with Crippen molar-refractivity contribution in [1.29, 1.82) is 0 Å². The van der Waals surface area contributed by atoms with Crippen LogP contribution in [0.1, 0.15) is 12.0 Å². The van der Waals surface area contributed by atoms with E-state index < -0.39 is 6.10 Å². The molecule has 0 radical (unpaired) electrons. The zero-order valence-electron chi connectivity index (χ0n) is 18.3. The maximum absolute atomic E-state index is 12.4. The molecule has 1 saturated heterocycles. The number of fused-ring (bicyclic) bond motifs is 1. The molecule has 4 rings (SSSR count). The third-order valence-electron chi connectivity index (χ3n) is 5.48. The van der Waals surface area contributed by atoms with Gasteiger partial charge >= 0.3 is 6.09 Å². The first-order chi connectivity index (χ1) is 16.1. The molecule has 33 heavy (non-hydrogen) atoms. The number of amides is 1. The van der Waals surface area contributed by atoms with Gasteiger partial charge in [0.15, 0.2) is 0 Å². The smallest absolute Gasteiger partial charge is 0.410 e. The van der Waals surface area contributed by atoms with Crippen molar-refractivity contribution in [1.82, 2.24) is 14.9 Å². The summed E-state index contributed by atoms with van der Waals surface area (Å²) in [6, 6.07) is 17.2. The number of aliphatic hydroxyl groups is 2. The Morgan fingerprint density at radius 2 is 1.73 bits per heavy atom. The van der Waals surface area contributed by atoms with Gasteiger partial charge in [0, 0.05) is 32.6 Å². The molecular formula is C24H28N4O5. The maximum Gasteiger partial charge on any atom is 0.410 e. The van der Waals surface area contributed by atoms with E-state index in [1.54, 1.807) is 4.90 Å². The topological polar surface area (TPSA) is 108 Å². The standard InChI is InChI=1S/C24H28N4O5/c29-16-19(30)10-15-32-22-20-8-4-5-9-21(20)25-23(26-22)27-11-13-28(14-12-27)24(31)33-17-18-6-2-1-3-7-18/h1-9,19,29-30H,10-17H2/t19-/m0/s1. The Kier molecular flexibility index (Phi) is 7.54. The average Bonchev–Trinajstić information content (AvgIpc) is 2.87. The number of carbonyl (C=O) groups excluding carboxylic acids is 1. The minimum absolute atomic E-state index is 0.225. The zero-order valence-corrected chi connectivity index (χ0v) is 18.3. The third-order valence-corrected chi connectivity index (χ3v) is 5.48. The molecule has 2 aromatic carbocycles. The predicted octanol–water partition coefficient (Wildman–Crippen LogP) is 2.21. The molecular weight excluding hydrogens is 424 g/mol. The lowest BCUT2D eigenvalue weighted by Crippen LogP contribution is -2.49. The minimum Gasteiger partial charge on any atom is -0.477 e. The van der Waals surface area contributed by atoms with Gasteiger partial charge in [-0.3, -0.25) is 0 Å². The van der Waals surface area contributed by atoms with Gasteiger partial charge in [0.1, 0.15) is 6.61 Å². The summed E-state index contributed by atoms with van der Waals surface area (Å²) in [6.07, 6.45) is -0.856. The van der Waals surface area contributed by atoms with Crippen LogP contribution in [0.25, 0.3) is 10.9 Å². The van der Waals surface area contributed by atoms with Crippen molar-refractivity contribution < 1.29 is 24.5 Å². The van der Waals surface area contributed by atoms with Crippen molar-refractivity contribution in [2.75, 3.05) is 44.3 Å². The van der Waals surface area contributed by atoms with E-state index in [2.05, 4.69) is 9.97 Å². The number of ether oxygens (including phenoxy) is 2. The normalized spacial score (nSPS) is 14.8. The average molecular weight is 453 g/mol. The van der Waals surface area contributed by atoms with Crippen LogP contribution in [0.4, 0.5) is 10.7 Å². The van der Waals surface area contributed by atoms with E-state index in [0.717, 1.165) is 16.5 Å². The molecule has 1 aliphatic rings. The van der Waals surface area contributed by atoms with E-state index in [9.17, 15) is 9.90 Å². The summed E-state index contributed by atoms with van der Waals surface area (Å²) in [5.74, 6) is 0.967. The minimum atomic E-state index is -0.827. The van der Waals surface area contributed by atoms with Crippen molar-refractivity contribution >= 4 is 22.9 Å². The number of anilines is 1. The van der Waals surface area contributed by atoms with Crippen LogP contribution in [0.15, 0.2) is 54.6 Å². The van der Waals surface area contributed by atoms with E-state index >= 15 is 0 Å². The third kappa shape index (κ3) is 5.88. The zero-order chi connectivity index (χ0) is 23.0. The highest BCUT2D eigenvalue weighted by Gasteiger charge is 2.24. The van der Waals surface area contributed by atoms with Crippen molar-refractivity contribution in [2.45, 2.75) is 19.1 Å². The fourth-order valence-corrected chi connectivity index (χ4v) is 3.57. The molecule has 2 heterocycles.